The van der Waals surface area contributed by atoms with Gasteiger partial charge in [0.2, 0.25) is 0 Å². The molecule has 1 aliphatic rings. The molecule has 9 heteroatoms. The zero-order chi connectivity index (χ0) is 30.8. The number of carbonyl (C=O) groups is 1. The molecule has 42 heavy (non-hydrogen) atoms. The van der Waals surface area contributed by atoms with Crippen molar-refractivity contribution >= 4 is 24.8 Å². The number of benzene rings is 2. The smallest absolute Gasteiger partial charge is 0.407 e. The Hall–Kier alpha value is -2.30. The Morgan fingerprint density at radius 1 is 0.857 bits per heavy atom. The second kappa shape index (κ2) is 15.4. The average molecular weight is 603 g/mol. The molecule has 0 aliphatic carbocycles. The minimum Gasteiger partial charge on any atom is -0.444 e. The molecule has 3 unspecified atom stereocenters. The number of rotatable bonds is 13. The van der Waals surface area contributed by atoms with E-state index < -0.39 is 32.2 Å². The molecule has 2 aromatic rings. The zero-order valence-electron chi connectivity index (χ0n) is 26.5. The van der Waals surface area contributed by atoms with Crippen LogP contribution in [0.15, 0.2) is 60.7 Å². The van der Waals surface area contributed by atoms with E-state index in [1.165, 1.54) is 10.4 Å². The molecule has 2 aromatic carbocycles. The quantitative estimate of drug-likeness (QED) is 0.263. The molecular formula is C33H51FN2O5Si. The molecule has 1 amide bonds. The van der Waals surface area contributed by atoms with E-state index in [2.05, 4.69) is 74.6 Å². The first-order valence-electron chi connectivity index (χ1n) is 15.1. The van der Waals surface area contributed by atoms with Gasteiger partial charge in [-0.15, -0.1) is 0 Å². The largest absolute Gasteiger partial charge is 0.444 e. The minimum absolute atomic E-state index is 0.0768. The topological polar surface area (TPSA) is 69.3 Å². The first kappa shape index (κ1) is 34.2. The van der Waals surface area contributed by atoms with Gasteiger partial charge >= 0.3 is 6.09 Å². The van der Waals surface area contributed by atoms with Crippen molar-refractivity contribution in [3.63, 3.8) is 0 Å². The fraction of sp³-hybridized carbons (Fsp3) is 0.606. The van der Waals surface area contributed by atoms with Crippen LogP contribution < -0.4 is 15.7 Å². The molecule has 3 atom stereocenters. The molecule has 1 heterocycles. The van der Waals surface area contributed by atoms with Gasteiger partial charge in [-0.2, -0.15) is 0 Å². The van der Waals surface area contributed by atoms with Crippen molar-refractivity contribution < 1.29 is 27.8 Å². The molecule has 7 nitrogen and oxygen atoms in total. The molecule has 0 radical (unpaired) electrons. The van der Waals surface area contributed by atoms with Crippen LogP contribution in [0.25, 0.3) is 0 Å². The predicted molar refractivity (Wildman–Crippen MR) is 169 cm³/mol. The van der Waals surface area contributed by atoms with Crippen LogP contribution in [0.4, 0.5) is 9.18 Å². The van der Waals surface area contributed by atoms with Crippen molar-refractivity contribution in [3.8, 4) is 0 Å². The van der Waals surface area contributed by atoms with Crippen LogP contribution >= 0.6 is 0 Å². The summed E-state index contributed by atoms with van der Waals surface area (Å²) in [5.41, 5.74) is -0.634. The average Bonchev–Trinajstić information content (AvgIpc) is 2.91. The van der Waals surface area contributed by atoms with Gasteiger partial charge < -0.3 is 28.9 Å². The van der Waals surface area contributed by atoms with E-state index in [4.69, 9.17) is 18.6 Å². The maximum absolute atomic E-state index is 14.9. The number of nitrogens with zero attached hydrogens (tertiary/aromatic N) is 1. The number of hydrogen-bond donors (Lipinski definition) is 1. The Morgan fingerprint density at radius 3 is 1.90 bits per heavy atom. The van der Waals surface area contributed by atoms with Gasteiger partial charge in [-0.25, -0.2) is 9.18 Å². The van der Waals surface area contributed by atoms with Gasteiger partial charge in [-0.05, 0) is 55.6 Å². The zero-order valence-corrected chi connectivity index (χ0v) is 27.5. The second-order valence-electron chi connectivity index (χ2n) is 13.2. The van der Waals surface area contributed by atoms with E-state index in [0.717, 1.165) is 0 Å². The molecule has 1 aliphatic heterocycles. The van der Waals surface area contributed by atoms with E-state index in [9.17, 15) is 9.18 Å². The summed E-state index contributed by atoms with van der Waals surface area (Å²) in [7, 11) is -0.682. The highest BCUT2D eigenvalue weighted by atomic mass is 28.4. The van der Waals surface area contributed by atoms with Gasteiger partial charge in [0.1, 0.15) is 11.8 Å². The van der Waals surface area contributed by atoms with Crippen LogP contribution in [0.3, 0.4) is 0 Å². The minimum atomic E-state index is -2.58. The van der Waals surface area contributed by atoms with E-state index in [0.29, 0.717) is 46.0 Å². The SMILES string of the molecule is CN1CC(F)C(NC(=O)OC(C)(C)C)C(CCOCCOCCO[Si](c2ccccc2)(c2ccccc2)C(C)(C)C)C1. The third-order valence-corrected chi connectivity index (χ3v) is 12.6. The lowest BCUT2D eigenvalue weighted by Crippen LogP contribution is -2.66. The van der Waals surface area contributed by atoms with Gasteiger partial charge in [0.25, 0.3) is 8.32 Å². The summed E-state index contributed by atoms with van der Waals surface area (Å²) in [5.74, 6) is -0.0768. The first-order valence-corrected chi connectivity index (χ1v) is 17.0. The summed E-state index contributed by atoms with van der Waals surface area (Å²) in [4.78, 5) is 14.3. The molecule has 0 bridgehead atoms. The summed E-state index contributed by atoms with van der Waals surface area (Å²) in [6, 6.07) is 20.5. The number of nitrogens with one attached hydrogen (secondary N) is 1. The van der Waals surface area contributed by atoms with Crippen LogP contribution in [-0.2, 0) is 18.6 Å². The number of amides is 1. The summed E-state index contributed by atoms with van der Waals surface area (Å²) in [5, 5.41) is 5.17. The fourth-order valence-corrected chi connectivity index (χ4v) is 10.3. The first-order chi connectivity index (χ1) is 19.8. The maximum Gasteiger partial charge on any atom is 0.407 e. The normalized spacial score (nSPS) is 20.3. The van der Waals surface area contributed by atoms with E-state index >= 15 is 0 Å². The highest BCUT2D eigenvalue weighted by molar-refractivity contribution is 6.99. The lowest BCUT2D eigenvalue weighted by molar-refractivity contribution is 0.0107. The Morgan fingerprint density at radius 2 is 1.38 bits per heavy atom. The molecule has 1 N–H and O–H groups in total. The monoisotopic (exact) mass is 602 g/mol. The lowest BCUT2D eigenvalue weighted by Gasteiger charge is -2.43. The highest BCUT2D eigenvalue weighted by Gasteiger charge is 2.50. The molecular weight excluding hydrogens is 551 g/mol. The summed E-state index contributed by atoms with van der Waals surface area (Å²) in [6.45, 7) is 15.4. The number of halogens is 1. The Kier molecular flexibility index (Phi) is 12.6. The predicted octanol–water partition coefficient (Wildman–Crippen LogP) is 4.78. The van der Waals surface area contributed by atoms with Gasteiger partial charge in [0, 0.05) is 19.7 Å². The number of alkyl carbamates (subject to hydrolysis) is 1. The number of carbonyl (C=O) groups excluding carboxylic acids is 1. The van der Waals surface area contributed by atoms with Crippen LogP contribution in [0, 0.1) is 5.92 Å². The Balaban J connectivity index is 1.46. The molecule has 0 aromatic heterocycles. The molecule has 1 saturated heterocycles. The second-order valence-corrected chi connectivity index (χ2v) is 17.5. The summed E-state index contributed by atoms with van der Waals surface area (Å²) >= 11 is 0. The number of piperidine rings is 1. The molecule has 0 spiro atoms. The van der Waals surface area contributed by atoms with Crippen LogP contribution in [-0.4, -0.2) is 90.3 Å². The molecule has 1 fully saturated rings. The van der Waals surface area contributed by atoms with E-state index in [-0.39, 0.29) is 17.5 Å². The number of ether oxygens (including phenoxy) is 3. The Labute approximate surface area is 253 Å². The van der Waals surface area contributed by atoms with Crippen LogP contribution in [0.2, 0.25) is 5.04 Å². The molecule has 234 valence electrons. The van der Waals surface area contributed by atoms with Crippen molar-refractivity contribution in [2.75, 3.05) is 53.2 Å². The van der Waals surface area contributed by atoms with E-state index in [1.807, 2.05) is 24.1 Å². The molecule has 0 saturated carbocycles. The van der Waals surface area contributed by atoms with Gasteiger partial charge in [0.05, 0.1) is 32.5 Å². The third kappa shape index (κ3) is 9.61. The fourth-order valence-electron chi connectivity index (χ4n) is 5.79. The Bertz CT molecular complexity index is 1040. The van der Waals surface area contributed by atoms with Gasteiger partial charge in [-0.1, -0.05) is 81.4 Å². The lowest BCUT2D eigenvalue weighted by atomic mass is 9.88. The van der Waals surface area contributed by atoms with Gasteiger partial charge in [-0.3, -0.25) is 0 Å². The standard InChI is InChI=1S/C33H51FN2O5Si/c1-32(2,3)41-31(37)35-30-26(24-36(7)25-29(30)34)18-19-38-20-21-39-22-23-40-42(33(4,5)6,27-14-10-8-11-15-27)28-16-12-9-13-17-28/h8-17,26,29-30H,18-25H2,1-7H3,(H,35,37). The number of alkyl halides is 1. The number of hydrogen-bond acceptors (Lipinski definition) is 6. The third-order valence-electron chi connectivity index (χ3n) is 7.58. The number of likely N-dealkylation sites (tertiary alicyclic amines) is 1. The van der Waals surface area contributed by atoms with E-state index in [1.54, 1.807) is 20.8 Å². The van der Waals surface area contributed by atoms with Crippen LogP contribution in [0.5, 0.6) is 0 Å². The van der Waals surface area contributed by atoms with Crippen molar-refractivity contribution in [3.05, 3.63) is 60.7 Å². The van der Waals surface area contributed by atoms with Crippen LogP contribution in [0.1, 0.15) is 48.0 Å². The molecule has 3 rings (SSSR count). The van der Waals surface area contributed by atoms with Gasteiger partial charge in [0.15, 0.2) is 0 Å². The van der Waals surface area contributed by atoms with Crippen molar-refractivity contribution in [2.24, 2.45) is 5.92 Å². The van der Waals surface area contributed by atoms with Crippen molar-refractivity contribution in [1.82, 2.24) is 10.2 Å². The van der Waals surface area contributed by atoms with Crippen molar-refractivity contribution in [1.29, 1.82) is 0 Å². The summed E-state index contributed by atoms with van der Waals surface area (Å²) < 4.78 is 38.8. The maximum atomic E-state index is 14.9. The van der Waals surface area contributed by atoms with Crippen molar-refractivity contribution in [2.45, 2.75) is 70.8 Å². The highest BCUT2D eigenvalue weighted by Crippen LogP contribution is 2.36. The summed E-state index contributed by atoms with van der Waals surface area (Å²) in [6.07, 6.45) is -1.12.